The molecule has 1 fully saturated rings. The Morgan fingerprint density at radius 2 is 2.18 bits per heavy atom. The van der Waals surface area contributed by atoms with E-state index in [1.165, 1.54) is 4.31 Å². The molecule has 1 heterocycles. The van der Waals surface area contributed by atoms with Crippen LogP contribution in [0.15, 0.2) is 0 Å². The van der Waals surface area contributed by atoms with Gasteiger partial charge in [0.05, 0.1) is 0 Å². The van der Waals surface area contributed by atoms with Gasteiger partial charge in [-0.15, -0.1) is 0 Å². The van der Waals surface area contributed by atoms with E-state index in [1.54, 1.807) is 0 Å². The summed E-state index contributed by atoms with van der Waals surface area (Å²) in [4.78, 5) is 10.7. The monoisotopic (exact) mass is 264 g/mol. The highest BCUT2D eigenvalue weighted by Gasteiger charge is 2.34. The Kier molecular flexibility index (Phi) is 4.91. The van der Waals surface area contributed by atoms with Crippen molar-refractivity contribution in [3.63, 3.8) is 0 Å². The Hall–Kier alpha value is -0.660. The van der Waals surface area contributed by atoms with Gasteiger partial charge in [-0.05, 0) is 18.8 Å². The number of nitrogens with zero attached hydrogens (tertiary/aromatic N) is 2. The predicted molar refractivity (Wildman–Crippen MR) is 63.8 cm³/mol. The van der Waals surface area contributed by atoms with Crippen LogP contribution in [0.1, 0.15) is 26.7 Å². The Bertz CT molecular complexity index is 369. The van der Waals surface area contributed by atoms with Gasteiger partial charge in [0.25, 0.3) is 10.2 Å². The maximum absolute atomic E-state index is 12.2. The fraction of sp³-hybridized carbons (Fsp3) is 0.900. The van der Waals surface area contributed by atoms with Gasteiger partial charge in [0.15, 0.2) is 0 Å². The van der Waals surface area contributed by atoms with Crippen molar-refractivity contribution in [3.8, 4) is 0 Å². The van der Waals surface area contributed by atoms with Gasteiger partial charge >= 0.3 is 5.97 Å². The van der Waals surface area contributed by atoms with Crippen LogP contribution >= 0.6 is 0 Å². The number of carboxylic acid groups (broad SMARTS) is 1. The number of hydrogen-bond donors (Lipinski definition) is 1. The molecule has 1 rings (SSSR count). The molecular weight excluding hydrogens is 244 g/mol. The third-order valence-electron chi connectivity index (χ3n) is 2.82. The van der Waals surface area contributed by atoms with Crippen LogP contribution in [-0.2, 0) is 15.0 Å². The van der Waals surface area contributed by atoms with Crippen molar-refractivity contribution in [1.82, 2.24) is 8.61 Å². The molecule has 17 heavy (non-hydrogen) atoms. The lowest BCUT2D eigenvalue weighted by molar-refractivity contribution is -0.137. The number of carboxylic acids is 1. The normalized spacial score (nSPS) is 22.2. The second-order valence-electron chi connectivity index (χ2n) is 4.49. The molecule has 1 saturated heterocycles. The molecule has 0 aliphatic carbocycles. The number of carbonyl (C=O) groups is 1. The Balaban J connectivity index is 2.80. The number of rotatable bonds is 6. The van der Waals surface area contributed by atoms with Crippen LogP contribution in [0.3, 0.4) is 0 Å². The molecule has 0 radical (unpaired) electrons. The first-order valence-electron chi connectivity index (χ1n) is 5.85. The largest absolute Gasteiger partial charge is 0.480 e. The molecule has 0 amide bonds. The summed E-state index contributed by atoms with van der Waals surface area (Å²) in [5.74, 6) is -0.771. The van der Waals surface area contributed by atoms with Crippen LogP contribution in [0, 0.1) is 5.92 Å². The van der Waals surface area contributed by atoms with E-state index < -0.39 is 22.7 Å². The molecular formula is C10H20N2O4S. The second-order valence-corrected chi connectivity index (χ2v) is 6.42. The summed E-state index contributed by atoms with van der Waals surface area (Å²) < 4.78 is 26.8. The van der Waals surface area contributed by atoms with Crippen molar-refractivity contribution in [3.05, 3.63) is 0 Å². The van der Waals surface area contributed by atoms with Crippen LogP contribution in [0.5, 0.6) is 0 Å². The van der Waals surface area contributed by atoms with E-state index >= 15 is 0 Å². The molecule has 7 heteroatoms. The lowest BCUT2D eigenvalue weighted by atomic mass is 10.2. The van der Waals surface area contributed by atoms with Gasteiger partial charge in [0.1, 0.15) is 6.54 Å². The summed E-state index contributed by atoms with van der Waals surface area (Å²) in [5, 5.41) is 8.74. The van der Waals surface area contributed by atoms with Gasteiger partial charge in [-0.3, -0.25) is 4.79 Å². The van der Waals surface area contributed by atoms with Crippen LogP contribution in [0.25, 0.3) is 0 Å². The Morgan fingerprint density at radius 1 is 1.53 bits per heavy atom. The third kappa shape index (κ3) is 3.65. The Labute approximate surface area is 102 Å². The summed E-state index contributed by atoms with van der Waals surface area (Å²) in [7, 11) is -3.61. The minimum absolute atomic E-state index is 0.250. The quantitative estimate of drug-likeness (QED) is 0.752. The molecule has 0 aromatic heterocycles. The topological polar surface area (TPSA) is 77.9 Å². The summed E-state index contributed by atoms with van der Waals surface area (Å²) in [6.45, 7) is 4.60. The fourth-order valence-corrected chi connectivity index (χ4v) is 3.74. The Morgan fingerprint density at radius 3 is 2.59 bits per heavy atom. The van der Waals surface area contributed by atoms with Gasteiger partial charge < -0.3 is 5.11 Å². The third-order valence-corrected chi connectivity index (χ3v) is 4.77. The van der Waals surface area contributed by atoms with E-state index in [0.717, 1.165) is 10.7 Å². The number of aliphatic carboxylic acids is 1. The predicted octanol–water partition coefficient (Wildman–Crippen LogP) is 0.370. The van der Waals surface area contributed by atoms with Gasteiger partial charge in [-0.2, -0.15) is 17.0 Å². The lowest BCUT2D eigenvalue weighted by Crippen LogP contribution is -2.45. The van der Waals surface area contributed by atoms with Crippen LogP contribution in [0.4, 0.5) is 0 Å². The average Bonchev–Trinajstić information content (AvgIpc) is 2.64. The molecule has 100 valence electrons. The molecule has 6 nitrogen and oxygen atoms in total. The zero-order valence-corrected chi connectivity index (χ0v) is 11.1. The first-order valence-corrected chi connectivity index (χ1v) is 7.24. The van der Waals surface area contributed by atoms with E-state index in [0.29, 0.717) is 25.4 Å². The van der Waals surface area contributed by atoms with E-state index in [4.69, 9.17) is 5.11 Å². The van der Waals surface area contributed by atoms with Crippen molar-refractivity contribution < 1.29 is 18.3 Å². The van der Waals surface area contributed by atoms with Crippen molar-refractivity contribution in [2.75, 3.05) is 26.2 Å². The van der Waals surface area contributed by atoms with Crippen molar-refractivity contribution in [1.29, 1.82) is 0 Å². The van der Waals surface area contributed by atoms with Crippen molar-refractivity contribution >= 4 is 16.2 Å². The van der Waals surface area contributed by atoms with Crippen LogP contribution in [0.2, 0.25) is 0 Å². The summed E-state index contributed by atoms with van der Waals surface area (Å²) in [6.07, 6.45) is 1.45. The van der Waals surface area contributed by atoms with Gasteiger partial charge in [-0.25, -0.2) is 0 Å². The zero-order chi connectivity index (χ0) is 13.1. The molecule has 0 spiro atoms. The molecule has 0 bridgehead atoms. The zero-order valence-electron chi connectivity index (χ0n) is 10.3. The highest BCUT2D eigenvalue weighted by atomic mass is 32.2. The van der Waals surface area contributed by atoms with E-state index in [1.807, 2.05) is 13.8 Å². The highest BCUT2D eigenvalue weighted by molar-refractivity contribution is 7.86. The first kappa shape index (κ1) is 14.4. The molecule has 0 aromatic carbocycles. The standard InChI is InChI=1S/C10H20N2O4S/c1-3-5-11(8-10(13)14)17(15,16)12-6-4-9(2)7-12/h9H,3-8H2,1-2H3,(H,13,14). The van der Waals surface area contributed by atoms with Gasteiger partial charge in [-0.1, -0.05) is 13.8 Å². The van der Waals surface area contributed by atoms with E-state index in [2.05, 4.69) is 0 Å². The van der Waals surface area contributed by atoms with Gasteiger partial charge in [0.2, 0.25) is 0 Å². The molecule has 1 aliphatic heterocycles. The van der Waals surface area contributed by atoms with E-state index in [9.17, 15) is 13.2 Å². The van der Waals surface area contributed by atoms with E-state index in [-0.39, 0.29) is 6.54 Å². The smallest absolute Gasteiger partial charge is 0.318 e. The summed E-state index contributed by atoms with van der Waals surface area (Å²) in [6, 6.07) is 0. The molecule has 1 atom stereocenters. The SMILES string of the molecule is CCCN(CC(=O)O)S(=O)(=O)N1CCC(C)C1. The maximum Gasteiger partial charge on any atom is 0.318 e. The highest BCUT2D eigenvalue weighted by Crippen LogP contribution is 2.20. The average molecular weight is 264 g/mol. The molecule has 1 aliphatic rings. The van der Waals surface area contributed by atoms with Gasteiger partial charge in [0, 0.05) is 19.6 Å². The second kappa shape index (κ2) is 5.79. The summed E-state index contributed by atoms with van der Waals surface area (Å²) >= 11 is 0. The van der Waals surface area contributed by atoms with Crippen LogP contribution in [-0.4, -0.2) is 54.3 Å². The molecule has 0 saturated carbocycles. The molecule has 1 unspecified atom stereocenters. The first-order chi connectivity index (χ1) is 7.87. The molecule has 0 aromatic rings. The van der Waals surface area contributed by atoms with Crippen molar-refractivity contribution in [2.24, 2.45) is 5.92 Å². The maximum atomic E-state index is 12.2. The van der Waals surface area contributed by atoms with Crippen molar-refractivity contribution in [2.45, 2.75) is 26.7 Å². The minimum Gasteiger partial charge on any atom is -0.480 e. The minimum atomic E-state index is -3.61. The van der Waals surface area contributed by atoms with Crippen LogP contribution < -0.4 is 0 Å². The molecule has 1 N–H and O–H groups in total. The fourth-order valence-electron chi connectivity index (χ4n) is 1.94. The lowest BCUT2D eigenvalue weighted by Gasteiger charge is -2.25. The number of hydrogen-bond acceptors (Lipinski definition) is 3. The summed E-state index contributed by atoms with van der Waals surface area (Å²) in [5.41, 5.74) is 0.